The van der Waals surface area contributed by atoms with Gasteiger partial charge in [-0.3, -0.25) is 14.5 Å². The molecule has 1 aromatic carbocycles. The monoisotopic (exact) mass is 387 g/mol. The van der Waals surface area contributed by atoms with Gasteiger partial charge in [0.1, 0.15) is 0 Å². The van der Waals surface area contributed by atoms with Crippen molar-refractivity contribution in [2.45, 2.75) is 20.0 Å². The summed E-state index contributed by atoms with van der Waals surface area (Å²) < 4.78 is 7.35. The van der Waals surface area contributed by atoms with E-state index < -0.39 is 0 Å². The van der Waals surface area contributed by atoms with E-state index in [-0.39, 0.29) is 5.91 Å². The second kappa shape index (κ2) is 8.10. The molecule has 0 radical (unpaired) electrons. The topological polar surface area (TPSA) is 77.0 Å². The van der Waals surface area contributed by atoms with E-state index in [0.717, 1.165) is 22.5 Å². The summed E-state index contributed by atoms with van der Waals surface area (Å²) in [5.41, 5.74) is 3.88. The summed E-state index contributed by atoms with van der Waals surface area (Å²) >= 11 is 0. The van der Waals surface area contributed by atoms with Crippen LogP contribution in [0.15, 0.2) is 71.7 Å². The zero-order valence-electron chi connectivity index (χ0n) is 16.3. The highest BCUT2D eigenvalue weighted by Gasteiger charge is 2.25. The molecule has 0 unspecified atom stereocenters. The minimum Gasteiger partial charge on any atom is -0.443 e. The van der Waals surface area contributed by atoms with Crippen LogP contribution in [0.4, 0.5) is 0 Å². The Morgan fingerprint density at radius 2 is 1.97 bits per heavy atom. The zero-order chi connectivity index (χ0) is 20.2. The lowest BCUT2D eigenvalue weighted by atomic mass is 10.1. The van der Waals surface area contributed by atoms with E-state index in [9.17, 15) is 4.79 Å². The first-order valence-corrected chi connectivity index (χ1v) is 9.28. The van der Waals surface area contributed by atoms with E-state index in [4.69, 9.17) is 4.42 Å². The lowest BCUT2D eigenvalue weighted by Gasteiger charge is -2.22. The van der Waals surface area contributed by atoms with Crippen molar-refractivity contribution in [1.29, 1.82) is 0 Å². The number of aromatic nitrogens is 4. The molecule has 7 nitrogen and oxygen atoms in total. The second-order valence-electron chi connectivity index (χ2n) is 6.82. The summed E-state index contributed by atoms with van der Waals surface area (Å²) in [7, 11) is 1.88. The first kappa shape index (κ1) is 18.6. The van der Waals surface area contributed by atoms with Crippen LogP contribution in [-0.2, 0) is 20.1 Å². The van der Waals surface area contributed by atoms with Crippen LogP contribution >= 0.6 is 0 Å². The summed E-state index contributed by atoms with van der Waals surface area (Å²) in [5.74, 6) is 0.258. The van der Waals surface area contributed by atoms with E-state index >= 15 is 0 Å². The van der Waals surface area contributed by atoms with Gasteiger partial charge in [0.25, 0.3) is 5.91 Å². The maximum atomic E-state index is 13.5. The molecular weight excluding hydrogens is 366 g/mol. The SMILES string of the molecule is Cc1cc(CN(Cc2cccnc2)C(=O)c2ncoc2-c2ccccc2)n(C)n1. The molecule has 0 spiro atoms. The molecule has 0 fully saturated rings. The molecule has 0 aliphatic carbocycles. The van der Waals surface area contributed by atoms with Gasteiger partial charge in [0, 0.05) is 31.5 Å². The highest BCUT2D eigenvalue weighted by atomic mass is 16.3. The van der Waals surface area contributed by atoms with Crippen molar-refractivity contribution in [2.24, 2.45) is 7.05 Å². The predicted octanol–water partition coefficient (Wildman–Crippen LogP) is 3.62. The molecular formula is C22H21N5O2. The Balaban J connectivity index is 1.68. The minimum atomic E-state index is -0.208. The van der Waals surface area contributed by atoms with Crippen molar-refractivity contribution < 1.29 is 9.21 Å². The fraction of sp³-hybridized carbons (Fsp3) is 0.182. The molecule has 0 atom stereocenters. The summed E-state index contributed by atoms with van der Waals surface area (Å²) in [4.78, 5) is 23.6. The number of hydrogen-bond acceptors (Lipinski definition) is 5. The van der Waals surface area contributed by atoms with Gasteiger partial charge in [0.15, 0.2) is 17.8 Å². The van der Waals surface area contributed by atoms with Crippen LogP contribution in [0.1, 0.15) is 27.4 Å². The summed E-state index contributed by atoms with van der Waals surface area (Å²) in [5, 5.41) is 4.39. The van der Waals surface area contributed by atoms with Crippen LogP contribution in [-0.4, -0.2) is 30.6 Å². The average Bonchev–Trinajstić information content (AvgIpc) is 3.35. The van der Waals surface area contributed by atoms with Crippen LogP contribution in [0.3, 0.4) is 0 Å². The van der Waals surface area contributed by atoms with Gasteiger partial charge >= 0.3 is 0 Å². The molecule has 0 aliphatic rings. The molecule has 0 N–H and O–H groups in total. The molecule has 1 amide bonds. The van der Waals surface area contributed by atoms with Crippen LogP contribution < -0.4 is 0 Å². The van der Waals surface area contributed by atoms with Crippen LogP contribution in [0, 0.1) is 6.92 Å². The molecule has 4 aromatic rings. The Labute approximate surface area is 168 Å². The number of rotatable bonds is 6. The Bertz CT molecular complexity index is 1100. The quantitative estimate of drug-likeness (QED) is 0.505. The largest absolute Gasteiger partial charge is 0.443 e. The van der Waals surface area contributed by atoms with Gasteiger partial charge in [-0.2, -0.15) is 5.10 Å². The van der Waals surface area contributed by atoms with Crippen molar-refractivity contribution in [3.63, 3.8) is 0 Å². The number of pyridine rings is 1. The molecule has 146 valence electrons. The predicted molar refractivity (Wildman–Crippen MR) is 108 cm³/mol. The first-order valence-electron chi connectivity index (χ1n) is 9.28. The maximum absolute atomic E-state index is 13.5. The second-order valence-corrected chi connectivity index (χ2v) is 6.82. The lowest BCUT2D eigenvalue weighted by molar-refractivity contribution is 0.0721. The van der Waals surface area contributed by atoms with Gasteiger partial charge in [-0.25, -0.2) is 4.98 Å². The third-order valence-corrected chi connectivity index (χ3v) is 4.64. The van der Waals surface area contributed by atoms with E-state index in [1.165, 1.54) is 6.39 Å². The molecule has 29 heavy (non-hydrogen) atoms. The van der Waals surface area contributed by atoms with Crippen molar-refractivity contribution in [1.82, 2.24) is 24.6 Å². The molecule has 3 aromatic heterocycles. The van der Waals surface area contributed by atoms with Gasteiger partial charge in [0.2, 0.25) is 0 Å². The third-order valence-electron chi connectivity index (χ3n) is 4.64. The number of carbonyl (C=O) groups excluding carboxylic acids is 1. The Hall–Kier alpha value is -3.74. The standard InChI is InChI=1S/C22H21N5O2/c1-16-11-19(26(2)25-16)14-27(13-17-7-6-10-23-12-17)22(28)20-21(29-15-24-20)18-8-4-3-5-9-18/h3-12,15H,13-14H2,1-2H3. The van der Waals surface area contributed by atoms with Crippen molar-refractivity contribution >= 4 is 5.91 Å². The highest BCUT2D eigenvalue weighted by Crippen LogP contribution is 2.25. The van der Waals surface area contributed by atoms with Crippen LogP contribution in [0.5, 0.6) is 0 Å². The maximum Gasteiger partial charge on any atom is 0.277 e. The van der Waals surface area contributed by atoms with E-state index in [0.29, 0.717) is 24.5 Å². The van der Waals surface area contributed by atoms with Crippen LogP contribution in [0.25, 0.3) is 11.3 Å². The number of aryl methyl sites for hydroxylation is 2. The molecule has 0 bridgehead atoms. The lowest BCUT2D eigenvalue weighted by Crippen LogP contribution is -2.31. The fourth-order valence-electron chi connectivity index (χ4n) is 3.26. The number of benzene rings is 1. The van der Waals surface area contributed by atoms with Crippen molar-refractivity contribution in [2.75, 3.05) is 0 Å². The molecule has 0 saturated heterocycles. The molecule has 0 saturated carbocycles. The molecule has 3 heterocycles. The Morgan fingerprint density at radius 3 is 2.66 bits per heavy atom. The summed E-state index contributed by atoms with van der Waals surface area (Å²) in [6, 6.07) is 15.3. The number of amides is 1. The van der Waals surface area contributed by atoms with E-state index in [2.05, 4.69) is 15.1 Å². The smallest absolute Gasteiger partial charge is 0.277 e. The zero-order valence-corrected chi connectivity index (χ0v) is 16.3. The summed E-state index contributed by atoms with van der Waals surface area (Å²) in [6.07, 6.45) is 4.78. The van der Waals surface area contributed by atoms with Gasteiger partial charge in [-0.05, 0) is 24.6 Å². The normalized spacial score (nSPS) is 10.8. The summed E-state index contributed by atoms with van der Waals surface area (Å²) in [6.45, 7) is 2.73. The van der Waals surface area contributed by atoms with Gasteiger partial charge < -0.3 is 9.32 Å². The minimum absolute atomic E-state index is 0.208. The number of oxazole rings is 1. The number of carbonyl (C=O) groups is 1. The van der Waals surface area contributed by atoms with Gasteiger partial charge in [-0.15, -0.1) is 0 Å². The Morgan fingerprint density at radius 1 is 1.14 bits per heavy atom. The Kier molecular flexibility index (Phi) is 5.20. The van der Waals surface area contributed by atoms with E-state index in [1.807, 2.05) is 62.5 Å². The fourth-order valence-corrected chi connectivity index (χ4v) is 3.26. The average molecular weight is 387 g/mol. The van der Waals surface area contributed by atoms with E-state index in [1.54, 1.807) is 22.0 Å². The van der Waals surface area contributed by atoms with Gasteiger partial charge in [-0.1, -0.05) is 36.4 Å². The van der Waals surface area contributed by atoms with Gasteiger partial charge in [0.05, 0.1) is 17.9 Å². The van der Waals surface area contributed by atoms with Crippen molar-refractivity contribution in [3.8, 4) is 11.3 Å². The van der Waals surface area contributed by atoms with Crippen LogP contribution in [0.2, 0.25) is 0 Å². The number of hydrogen-bond donors (Lipinski definition) is 0. The highest BCUT2D eigenvalue weighted by molar-refractivity contribution is 5.97. The van der Waals surface area contributed by atoms with Crippen molar-refractivity contribution in [3.05, 3.63) is 90.0 Å². The molecule has 0 aliphatic heterocycles. The third kappa shape index (κ3) is 4.08. The number of nitrogens with zero attached hydrogens (tertiary/aromatic N) is 5. The first-order chi connectivity index (χ1) is 14.1. The molecule has 7 heteroatoms. The molecule has 4 rings (SSSR count).